The first-order valence-corrected chi connectivity index (χ1v) is 9.41. The smallest absolute Gasteiger partial charge is 0.421 e. The highest BCUT2D eigenvalue weighted by Crippen LogP contribution is 2.78. The SMILES string of the molecule is COc1ccc(C(=O)C2C3(C#N)C(N)=NC(ON=C(C)C)(ON=C(C)C)C23C#N)cc1. The lowest BCUT2D eigenvalue weighted by Gasteiger charge is -2.27. The van der Waals surface area contributed by atoms with Crippen molar-refractivity contribution in [3.05, 3.63) is 29.8 Å². The number of aliphatic imine (C=N–C) groups is 1. The first kappa shape index (κ1) is 21.8. The van der Waals surface area contributed by atoms with Gasteiger partial charge in [-0.2, -0.15) is 15.5 Å². The number of amidine groups is 1. The monoisotopic (exact) mass is 422 g/mol. The molecule has 0 bridgehead atoms. The molecule has 1 aromatic carbocycles. The fourth-order valence-corrected chi connectivity index (χ4v) is 3.85. The van der Waals surface area contributed by atoms with Crippen LogP contribution in [0.5, 0.6) is 5.75 Å². The maximum atomic E-state index is 13.4. The second-order valence-electron chi connectivity index (χ2n) is 7.70. The molecule has 3 rings (SSSR count). The fraction of sp³-hybridized carbons (Fsp3) is 0.429. The van der Waals surface area contributed by atoms with Gasteiger partial charge in [0.1, 0.15) is 11.6 Å². The number of nitrogens with two attached hydrogens (primary N) is 1. The molecule has 3 unspecified atom stereocenters. The number of ketones is 1. The fourth-order valence-electron chi connectivity index (χ4n) is 3.85. The van der Waals surface area contributed by atoms with E-state index in [1.807, 2.05) is 12.1 Å². The molecule has 1 fully saturated rings. The number of fused-ring (bicyclic) bond motifs is 1. The average molecular weight is 422 g/mol. The minimum atomic E-state index is -2.19. The highest BCUT2D eigenvalue weighted by atomic mass is 16.8. The maximum Gasteiger partial charge on any atom is 0.421 e. The third kappa shape index (κ3) is 2.83. The molecule has 1 saturated carbocycles. The van der Waals surface area contributed by atoms with Crippen LogP contribution < -0.4 is 10.5 Å². The van der Waals surface area contributed by atoms with Crippen LogP contribution in [-0.2, 0) is 9.68 Å². The summed E-state index contributed by atoms with van der Waals surface area (Å²) in [5.74, 6) is -3.55. The molecular formula is C21H22N6O4. The van der Waals surface area contributed by atoms with E-state index in [0.29, 0.717) is 17.2 Å². The van der Waals surface area contributed by atoms with Crippen molar-refractivity contribution >= 4 is 23.0 Å². The third-order valence-corrected chi connectivity index (χ3v) is 5.27. The summed E-state index contributed by atoms with van der Waals surface area (Å²) in [4.78, 5) is 28.7. The van der Waals surface area contributed by atoms with Gasteiger partial charge in [0.15, 0.2) is 11.2 Å². The molecule has 1 heterocycles. The molecular weight excluding hydrogens is 400 g/mol. The first-order valence-electron chi connectivity index (χ1n) is 9.41. The molecule has 1 aromatic rings. The summed E-state index contributed by atoms with van der Waals surface area (Å²) in [6.07, 6.45) is 0. The van der Waals surface area contributed by atoms with Crippen molar-refractivity contribution < 1.29 is 19.2 Å². The van der Waals surface area contributed by atoms with Crippen LogP contribution in [0.4, 0.5) is 0 Å². The molecule has 0 amide bonds. The van der Waals surface area contributed by atoms with E-state index in [9.17, 15) is 15.3 Å². The molecule has 2 N–H and O–H groups in total. The Bertz CT molecular complexity index is 1070. The van der Waals surface area contributed by atoms with Gasteiger partial charge in [-0.25, -0.2) is 0 Å². The number of benzene rings is 1. The van der Waals surface area contributed by atoms with E-state index in [2.05, 4.69) is 15.3 Å². The van der Waals surface area contributed by atoms with Crippen LogP contribution in [0.1, 0.15) is 38.1 Å². The molecule has 0 spiro atoms. The lowest BCUT2D eigenvalue weighted by Crippen LogP contribution is -2.42. The number of carbonyl (C=O) groups is 1. The Balaban J connectivity index is 2.17. The Morgan fingerprint density at radius 1 is 1.06 bits per heavy atom. The van der Waals surface area contributed by atoms with Crippen molar-refractivity contribution in [3.8, 4) is 17.9 Å². The van der Waals surface area contributed by atoms with Crippen LogP contribution in [-0.4, -0.2) is 36.1 Å². The number of nitrogens with zero attached hydrogens (tertiary/aromatic N) is 5. The van der Waals surface area contributed by atoms with Gasteiger partial charge in [0.25, 0.3) is 0 Å². The zero-order valence-electron chi connectivity index (χ0n) is 17.8. The predicted molar refractivity (Wildman–Crippen MR) is 111 cm³/mol. The Morgan fingerprint density at radius 3 is 2.03 bits per heavy atom. The van der Waals surface area contributed by atoms with Gasteiger partial charge in [0, 0.05) is 5.56 Å². The topological polar surface area (TPSA) is 155 Å². The molecule has 1 aliphatic heterocycles. The van der Waals surface area contributed by atoms with Gasteiger partial charge in [0.2, 0.25) is 5.41 Å². The number of Topliss-reactive ketones (excluding diaryl/α,β-unsaturated/α-hetero) is 1. The van der Waals surface area contributed by atoms with Crippen molar-refractivity contribution in [3.63, 3.8) is 0 Å². The third-order valence-electron chi connectivity index (χ3n) is 5.27. The van der Waals surface area contributed by atoms with Gasteiger partial charge in [-0.15, -0.1) is 0 Å². The van der Waals surface area contributed by atoms with Crippen molar-refractivity contribution in [2.24, 2.45) is 37.8 Å². The average Bonchev–Trinajstić information content (AvgIpc) is 3.33. The maximum absolute atomic E-state index is 13.4. The number of hydrogen-bond acceptors (Lipinski definition) is 10. The minimum Gasteiger partial charge on any atom is -0.497 e. The lowest BCUT2D eigenvalue weighted by molar-refractivity contribution is -0.262. The van der Waals surface area contributed by atoms with Gasteiger partial charge in [0.05, 0.1) is 36.6 Å². The molecule has 10 nitrogen and oxygen atoms in total. The number of methoxy groups -OCH3 is 1. The Morgan fingerprint density at radius 2 is 1.61 bits per heavy atom. The molecule has 0 saturated heterocycles. The summed E-state index contributed by atoms with van der Waals surface area (Å²) in [5, 5.41) is 28.1. The normalized spacial score (nSPS) is 26.8. The van der Waals surface area contributed by atoms with Crippen LogP contribution >= 0.6 is 0 Å². The van der Waals surface area contributed by atoms with E-state index in [1.165, 1.54) is 7.11 Å². The zero-order chi connectivity index (χ0) is 23.0. The van der Waals surface area contributed by atoms with Crippen LogP contribution in [0, 0.1) is 39.4 Å². The van der Waals surface area contributed by atoms with E-state index in [1.54, 1.807) is 52.0 Å². The summed E-state index contributed by atoms with van der Waals surface area (Å²) in [6, 6.07) is 10.4. The van der Waals surface area contributed by atoms with Gasteiger partial charge in [-0.3, -0.25) is 4.79 Å². The van der Waals surface area contributed by atoms with Crippen LogP contribution in [0.15, 0.2) is 39.6 Å². The second kappa shape index (κ2) is 7.40. The number of nitriles is 2. The minimum absolute atomic E-state index is 0.240. The quantitative estimate of drug-likeness (QED) is 0.306. The standard InChI is InChI=1S/C21H22N6O4/c1-12(2)26-30-21(31-27-13(3)4)20(11-23)17(19(20,10-22)18(24)25-21)16(28)14-6-8-15(29-5)9-7-14/h6-9,17H,1-5H3,(H2,24,25). The summed E-state index contributed by atoms with van der Waals surface area (Å²) >= 11 is 0. The van der Waals surface area contributed by atoms with Crippen LogP contribution in [0.25, 0.3) is 0 Å². The Kier molecular flexibility index (Phi) is 5.20. The van der Waals surface area contributed by atoms with Crippen molar-refractivity contribution in [2.75, 3.05) is 7.11 Å². The van der Waals surface area contributed by atoms with Gasteiger partial charge < -0.3 is 20.1 Å². The van der Waals surface area contributed by atoms with E-state index in [-0.39, 0.29) is 11.4 Å². The molecule has 160 valence electrons. The van der Waals surface area contributed by atoms with E-state index >= 15 is 0 Å². The molecule has 1 aliphatic carbocycles. The van der Waals surface area contributed by atoms with Crippen molar-refractivity contribution in [1.29, 1.82) is 10.5 Å². The van der Waals surface area contributed by atoms with E-state index < -0.39 is 28.4 Å². The Labute approximate surface area is 179 Å². The molecule has 0 radical (unpaired) electrons. The van der Waals surface area contributed by atoms with Gasteiger partial charge >= 0.3 is 5.91 Å². The van der Waals surface area contributed by atoms with Crippen LogP contribution in [0.2, 0.25) is 0 Å². The summed E-state index contributed by atoms with van der Waals surface area (Å²) in [6.45, 7) is 6.64. The highest BCUT2D eigenvalue weighted by Gasteiger charge is 2.97. The van der Waals surface area contributed by atoms with Crippen molar-refractivity contribution in [1.82, 2.24) is 0 Å². The zero-order valence-corrected chi connectivity index (χ0v) is 17.8. The predicted octanol–water partition coefficient (Wildman–Crippen LogP) is 2.38. The van der Waals surface area contributed by atoms with Crippen molar-refractivity contribution in [2.45, 2.75) is 33.6 Å². The lowest BCUT2D eigenvalue weighted by atomic mass is 9.94. The summed E-state index contributed by atoms with van der Waals surface area (Å²) in [7, 11) is 1.50. The molecule has 0 aromatic heterocycles. The number of rotatable bonds is 7. The first-order chi connectivity index (χ1) is 14.7. The van der Waals surface area contributed by atoms with E-state index in [4.69, 9.17) is 20.1 Å². The Hall–Kier alpha value is -3.92. The molecule has 2 aliphatic rings. The second-order valence-corrected chi connectivity index (χ2v) is 7.70. The van der Waals surface area contributed by atoms with E-state index in [0.717, 1.165) is 0 Å². The molecule has 31 heavy (non-hydrogen) atoms. The largest absolute Gasteiger partial charge is 0.497 e. The summed E-state index contributed by atoms with van der Waals surface area (Å²) < 4.78 is 5.12. The number of ether oxygens (including phenoxy) is 1. The highest BCUT2D eigenvalue weighted by molar-refractivity contribution is 6.12. The molecule has 10 heteroatoms. The van der Waals surface area contributed by atoms with Crippen LogP contribution in [0.3, 0.4) is 0 Å². The number of hydrogen-bond donors (Lipinski definition) is 1. The molecule has 3 atom stereocenters. The number of oxime groups is 2. The summed E-state index contributed by atoms with van der Waals surface area (Å²) in [5.41, 5.74) is 3.76. The number of carbonyl (C=O) groups excluding carboxylic acids is 1. The van der Waals surface area contributed by atoms with Gasteiger partial charge in [-0.05, 0) is 52.0 Å². The van der Waals surface area contributed by atoms with Gasteiger partial charge in [-0.1, -0.05) is 10.3 Å².